The second-order valence-electron chi connectivity index (χ2n) is 6.76. The number of hydrogen-bond acceptors (Lipinski definition) is 5. The first-order valence-corrected chi connectivity index (χ1v) is 7.57. The fourth-order valence-corrected chi connectivity index (χ4v) is 2.28. The lowest BCUT2D eigenvalue weighted by molar-refractivity contribution is -0.385. The lowest BCUT2D eigenvalue weighted by atomic mass is 10.1. The molecule has 0 heterocycles. The molecule has 0 radical (unpaired) electrons. The predicted molar refractivity (Wildman–Crippen MR) is 83.8 cm³/mol. The van der Waals surface area contributed by atoms with E-state index in [1.807, 2.05) is 0 Å². The molecule has 1 N–H and O–H groups in total. The van der Waals surface area contributed by atoms with E-state index in [-0.39, 0.29) is 24.9 Å². The van der Waals surface area contributed by atoms with Crippen molar-refractivity contribution < 1.29 is 19.6 Å². The number of hydrogen-bond donors (Lipinski definition) is 1. The molecular weight excluding hydrogens is 300 g/mol. The van der Waals surface area contributed by atoms with Crippen molar-refractivity contribution in [3.05, 3.63) is 39.4 Å². The van der Waals surface area contributed by atoms with Crippen molar-refractivity contribution in [2.45, 2.75) is 58.4 Å². The van der Waals surface area contributed by atoms with Crippen molar-refractivity contribution in [3.8, 4) is 0 Å². The van der Waals surface area contributed by atoms with E-state index in [4.69, 9.17) is 4.74 Å². The van der Waals surface area contributed by atoms with Crippen LogP contribution in [0.4, 0.5) is 10.5 Å². The van der Waals surface area contributed by atoms with Gasteiger partial charge >= 0.3 is 6.09 Å². The van der Waals surface area contributed by atoms with Gasteiger partial charge in [0, 0.05) is 24.7 Å². The van der Waals surface area contributed by atoms with Crippen LogP contribution in [0.15, 0.2) is 18.2 Å². The molecule has 0 unspecified atom stereocenters. The van der Waals surface area contributed by atoms with Gasteiger partial charge in [-0.3, -0.25) is 10.1 Å². The van der Waals surface area contributed by atoms with Crippen molar-refractivity contribution in [2.24, 2.45) is 0 Å². The second kappa shape index (κ2) is 6.54. The van der Waals surface area contributed by atoms with Gasteiger partial charge in [0.2, 0.25) is 0 Å². The number of carbonyl (C=O) groups is 1. The maximum Gasteiger partial charge on any atom is 0.410 e. The minimum absolute atomic E-state index is 0.0912. The molecule has 1 saturated carbocycles. The third kappa shape index (κ3) is 4.92. The molecule has 7 nitrogen and oxygen atoms in total. The van der Waals surface area contributed by atoms with E-state index in [2.05, 4.69) is 0 Å². The zero-order valence-corrected chi connectivity index (χ0v) is 13.6. The van der Waals surface area contributed by atoms with Crippen LogP contribution < -0.4 is 0 Å². The predicted octanol–water partition coefficient (Wildman–Crippen LogP) is 2.99. The van der Waals surface area contributed by atoms with E-state index in [1.54, 1.807) is 31.7 Å². The Balaban J connectivity index is 2.21. The van der Waals surface area contributed by atoms with Gasteiger partial charge in [0.15, 0.2) is 0 Å². The number of nitrogens with zero attached hydrogens (tertiary/aromatic N) is 2. The molecule has 1 aliphatic rings. The smallest absolute Gasteiger partial charge is 0.410 e. The van der Waals surface area contributed by atoms with Crippen molar-refractivity contribution in [1.82, 2.24) is 4.90 Å². The van der Waals surface area contributed by atoms with Gasteiger partial charge in [-0.05, 0) is 44.7 Å². The summed E-state index contributed by atoms with van der Waals surface area (Å²) >= 11 is 0. The third-order valence-corrected chi connectivity index (χ3v) is 3.40. The summed E-state index contributed by atoms with van der Waals surface area (Å²) in [5.74, 6) is 0. The fraction of sp³-hybridized carbons (Fsp3) is 0.562. The SMILES string of the molecule is CC(C)(C)OC(=O)N(Cc1cc(CO)cc([N+](=O)[O-])c1)C1CC1. The van der Waals surface area contributed by atoms with E-state index >= 15 is 0 Å². The number of carbonyl (C=O) groups excluding carboxylic acids is 1. The monoisotopic (exact) mass is 322 g/mol. The normalized spacial score (nSPS) is 14.4. The molecule has 1 amide bonds. The molecule has 126 valence electrons. The number of aliphatic hydroxyl groups is 1. The topological polar surface area (TPSA) is 92.9 Å². The summed E-state index contributed by atoms with van der Waals surface area (Å²) < 4.78 is 5.41. The molecule has 1 aliphatic carbocycles. The van der Waals surface area contributed by atoms with Crippen LogP contribution in [0.3, 0.4) is 0 Å². The molecule has 23 heavy (non-hydrogen) atoms. The van der Waals surface area contributed by atoms with E-state index in [9.17, 15) is 20.0 Å². The Morgan fingerprint density at radius 3 is 2.43 bits per heavy atom. The summed E-state index contributed by atoms with van der Waals surface area (Å²) in [6.07, 6.45) is 1.39. The first-order chi connectivity index (χ1) is 10.7. The van der Waals surface area contributed by atoms with Gasteiger partial charge in [-0.2, -0.15) is 0 Å². The Hall–Kier alpha value is -2.15. The van der Waals surface area contributed by atoms with Crippen LogP contribution in [0.2, 0.25) is 0 Å². The summed E-state index contributed by atoms with van der Waals surface area (Å²) in [6, 6.07) is 4.55. The van der Waals surface area contributed by atoms with E-state index < -0.39 is 16.6 Å². The van der Waals surface area contributed by atoms with Crippen LogP contribution in [0.1, 0.15) is 44.7 Å². The number of aliphatic hydroxyl groups excluding tert-OH is 1. The third-order valence-electron chi connectivity index (χ3n) is 3.40. The van der Waals surface area contributed by atoms with E-state index in [0.29, 0.717) is 11.1 Å². The van der Waals surface area contributed by atoms with Crippen LogP contribution in [0, 0.1) is 10.1 Å². The van der Waals surface area contributed by atoms with E-state index in [0.717, 1.165) is 12.8 Å². The molecule has 2 rings (SSSR count). The molecule has 1 aromatic carbocycles. The van der Waals surface area contributed by atoms with Crippen molar-refractivity contribution >= 4 is 11.8 Å². The first-order valence-electron chi connectivity index (χ1n) is 7.57. The average molecular weight is 322 g/mol. The highest BCUT2D eigenvalue weighted by Crippen LogP contribution is 2.30. The number of nitro groups is 1. The molecule has 0 atom stereocenters. The number of non-ortho nitro benzene ring substituents is 1. The quantitative estimate of drug-likeness (QED) is 0.664. The lowest BCUT2D eigenvalue weighted by Gasteiger charge is -2.27. The number of nitro benzene ring substituents is 1. The Morgan fingerprint density at radius 1 is 1.35 bits per heavy atom. The van der Waals surface area contributed by atoms with Crippen molar-refractivity contribution in [3.63, 3.8) is 0 Å². The zero-order valence-electron chi connectivity index (χ0n) is 13.6. The van der Waals surface area contributed by atoms with Gasteiger partial charge in [-0.1, -0.05) is 6.07 Å². The molecule has 1 aromatic rings. The van der Waals surface area contributed by atoms with Crippen molar-refractivity contribution in [2.75, 3.05) is 0 Å². The van der Waals surface area contributed by atoms with Gasteiger partial charge in [-0.15, -0.1) is 0 Å². The van der Waals surface area contributed by atoms with Crippen LogP contribution in [-0.4, -0.2) is 32.7 Å². The van der Waals surface area contributed by atoms with Crippen LogP contribution in [0.25, 0.3) is 0 Å². The van der Waals surface area contributed by atoms with Gasteiger partial charge in [0.1, 0.15) is 5.60 Å². The molecular formula is C16H22N2O5. The van der Waals surface area contributed by atoms with Gasteiger partial charge < -0.3 is 14.7 Å². The Bertz CT molecular complexity index is 605. The average Bonchev–Trinajstić information content (AvgIpc) is 3.26. The van der Waals surface area contributed by atoms with Crippen LogP contribution in [0.5, 0.6) is 0 Å². The van der Waals surface area contributed by atoms with Gasteiger partial charge in [-0.25, -0.2) is 4.79 Å². The Kier molecular flexibility index (Phi) is 4.89. The minimum atomic E-state index is -0.594. The van der Waals surface area contributed by atoms with Crippen LogP contribution in [-0.2, 0) is 17.9 Å². The maximum absolute atomic E-state index is 12.3. The maximum atomic E-state index is 12.3. The molecule has 0 spiro atoms. The Morgan fingerprint density at radius 2 is 1.96 bits per heavy atom. The van der Waals surface area contributed by atoms with E-state index in [1.165, 1.54) is 12.1 Å². The largest absolute Gasteiger partial charge is 0.444 e. The molecule has 0 bridgehead atoms. The molecule has 0 aromatic heterocycles. The van der Waals surface area contributed by atoms with Crippen LogP contribution >= 0.6 is 0 Å². The lowest BCUT2D eigenvalue weighted by Crippen LogP contribution is -2.37. The summed E-state index contributed by atoms with van der Waals surface area (Å²) in [7, 11) is 0. The number of rotatable bonds is 5. The Labute approximate surface area is 135 Å². The first kappa shape index (κ1) is 17.2. The second-order valence-corrected chi connectivity index (χ2v) is 6.76. The number of amides is 1. The zero-order chi connectivity index (χ0) is 17.2. The number of ether oxygens (including phenoxy) is 1. The van der Waals surface area contributed by atoms with Gasteiger partial charge in [0.25, 0.3) is 5.69 Å². The molecule has 0 aliphatic heterocycles. The highest BCUT2D eigenvalue weighted by atomic mass is 16.6. The summed E-state index contributed by atoms with van der Waals surface area (Å²) in [4.78, 5) is 24.4. The minimum Gasteiger partial charge on any atom is -0.444 e. The standard InChI is InChI=1S/C16H22N2O5/c1-16(2,3)23-15(20)17(13-4-5-13)9-11-6-12(10-19)8-14(7-11)18(21)22/h6-8,13,19H,4-5,9-10H2,1-3H3. The van der Waals surface area contributed by atoms with Gasteiger partial charge in [0.05, 0.1) is 11.5 Å². The summed E-state index contributed by atoms with van der Waals surface area (Å²) in [5.41, 5.74) is 0.380. The number of benzene rings is 1. The van der Waals surface area contributed by atoms with Crippen molar-refractivity contribution in [1.29, 1.82) is 0 Å². The highest BCUT2D eigenvalue weighted by Gasteiger charge is 2.35. The summed E-state index contributed by atoms with van der Waals surface area (Å²) in [6.45, 7) is 5.34. The molecule has 7 heteroatoms. The summed E-state index contributed by atoms with van der Waals surface area (Å²) in [5, 5.41) is 20.3. The molecule has 1 fully saturated rings. The highest BCUT2D eigenvalue weighted by molar-refractivity contribution is 5.69. The fourth-order valence-electron chi connectivity index (χ4n) is 2.28. The molecule has 0 saturated heterocycles.